The monoisotopic (exact) mass is 397 g/mol. The first-order chi connectivity index (χ1) is 12.6. The summed E-state index contributed by atoms with van der Waals surface area (Å²) >= 11 is 0. The molecule has 1 aliphatic rings. The molecule has 1 aliphatic heterocycles. The highest BCUT2D eigenvalue weighted by molar-refractivity contribution is 5.95. The molecule has 148 valence electrons. The minimum Gasteiger partial charge on any atom is -0.497 e. The Morgan fingerprint density at radius 1 is 1.15 bits per heavy atom. The predicted molar refractivity (Wildman–Crippen MR) is 100 cm³/mol. The lowest BCUT2D eigenvalue weighted by Gasteiger charge is -2.34. The van der Waals surface area contributed by atoms with Gasteiger partial charge in [0.2, 0.25) is 5.89 Å². The maximum absolute atomic E-state index is 12.8. The van der Waals surface area contributed by atoms with Gasteiger partial charge < -0.3 is 24.6 Å². The van der Waals surface area contributed by atoms with Gasteiger partial charge >= 0.3 is 0 Å². The number of hydrogen-bond donors (Lipinski definition) is 1. The summed E-state index contributed by atoms with van der Waals surface area (Å²) in [5, 5.41) is 3.90. The fourth-order valence-electron chi connectivity index (χ4n) is 2.86. The molecule has 0 unspecified atom stereocenters. The van der Waals surface area contributed by atoms with Gasteiger partial charge in [-0.3, -0.25) is 9.69 Å². The summed E-state index contributed by atoms with van der Waals surface area (Å²) in [5.74, 6) is 2.20. The molecule has 0 bridgehead atoms. The van der Waals surface area contributed by atoms with E-state index < -0.39 is 0 Å². The summed E-state index contributed by atoms with van der Waals surface area (Å²) in [5.41, 5.74) is 6.03. The molecule has 1 amide bonds. The number of carbonyl (C=O) groups is 1. The van der Waals surface area contributed by atoms with E-state index in [-0.39, 0.29) is 24.9 Å². The van der Waals surface area contributed by atoms with Crippen LogP contribution in [0.5, 0.6) is 11.5 Å². The molecule has 2 heterocycles. The molecule has 3 rings (SSSR count). The van der Waals surface area contributed by atoms with Gasteiger partial charge in [0, 0.05) is 37.8 Å². The van der Waals surface area contributed by atoms with Crippen molar-refractivity contribution < 1.29 is 18.8 Å². The topological polar surface area (TPSA) is 107 Å². The van der Waals surface area contributed by atoms with Crippen molar-refractivity contribution in [3.8, 4) is 11.5 Å². The second-order valence-electron chi connectivity index (χ2n) is 5.98. The number of nitrogens with zero attached hydrogens (tertiary/aromatic N) is 4. The van der Waals surface area contributed by atoms with E-state index in [9.17, 15) is 4.79 Å². The smallest absolute Gasteiger partial charge is 0.254 e. The maximum atomic E-state index is 12.8. The Balaban J connectivity index is 0.00000261. The molecule has 2 N–H and O–H groups in total. The minimum absolute atomic E-state index is 0. The van der Waals surface area contributed by atoms with Crippen molar-refractivity contribution in [2.75, 3.05) is 40.4 Å². The number of methoxy groups -OCH3 is 2. The third-order valence-electron chi connectivity index (χ3n) is 4.31. The minimum atomic E-state index is -0.0353. The molecule has 1 saturated heterocycles. The van der Waals surface area contributed by atoms with Crippen LogP contribution in [0.25, 0.3) is 0 Å². The normalized spacial score (nSPS) is 14.6. The number of carbonyl (C=O) groups excluding carboxylic acids is 1. The van der Waals surface area contributed by atoms with Gasteiger partial charge in [-0.15, -0.1) is 12.4 Å². The zero-order chi connectivity index (χ0) is 18.5. The van der Waals surface area contributed by atoms with Crippen molar-refractivity contribution in [2.45, 2.75) is 13.1 Å². The molecule has 0 saturated carbocycles. The molecule has 1 aromatic heterocycles. The van der Waals surface area contributed by atoms with E-state index in [4.69, 9.17) is 19.7 Å². The molecule has 1 aromatic carbocycles. The van der Waals surface area contributed by atoms with Crippen molar-refractivity contribution in [1.29, 1.82) is 0 Å². The number of ether oxygens (including phenoxy) is 2. The van der Waals surface area contributed by atoms with Crippen LogP contribution >= 0.6 is 12.4 Å². The predicted octanol–water partition coefficient (Wildman–Crippen LogP) is 0.925. The van der Waals surface area contributed by atoms with Crippen LogP contribution < -0.4 is 15.2 Å². The van der Waals surface area contributed by atoms with Crippen LogP contribution in [0.4, 0.5) is 0 Å². The first-order valence-electron chi connectivity index (χ1n) is 8.39. The fourth-order valence-corrected chi connectivity index (χ4v) is 2.86. The zero-order valence-electron chi connectivity index (χ0n) is 15.4. The van der Waals surface area contributed by atoms with Gasteiger partial charge in [-0.1, -0.05) is 5.16 Å². The van der Waals surface area contributed by atoms with Gasteiger partial charge in [-0.25, -0.2) is 0 Å². The third-order valence-corrected chi connectivity index (χ3v) is 4.31. The highest BCUT2D eigenvalue weighted by atomic mass is 35.5. The number of rotatable bonds is 6. The van der Waals surface area contributed by atoms with Crippen LogP contribution in [0.3, 0.4) is 0 Å². The first kappa shape index (κ1) is 20.9. The summed E-state index contributed by atoms with van der Waals surface area (Å²) in [4.78, 5) is 21.0. The molecule has 0 aliphatic carbocycles. The quantitative estimate of drug-likeness (QED) is 0.766. The van der Waals surface area contributed by atoms with Gasteiger partial charge in [-0.05, 0) is 12.1 Å². The van der Waals surface area contributed by atoms with Gasteiger partial charge in [0.05, 0.1) is 27.3 Å². The Labute approximate surface area is 163 Å². The lowest BCUT2D eigenvalue weighted by atomic mass is 10.1. The van der Waals surface area contributed by atoms with Gasteiger partial charge in [0.15, 0.2) is 5.82 Å². The lowest BCUT2D eigenvalue weighted by Crippen LogP contribution is -2.48. The first-order valence-corrected chi connectivity index (χ1v) is 8.39. The average Bonchev–Trinajstić information content (AvgIpc) is 3.15. The number of piperazine rings is 1. The molecule has 0 radical (unpaired) electrons. The summed E-state index contributed by atoms with van der Waals surface area (Å²) in [6.07, 6.45) is 0. The Morgan fingerprint density at radius 2 is 1.78 bits per heavy atom. The van der Waals surface area contributed by atoms with Crippen molar-refractivity contribution in [3.63, 3.8) is 0 Å². The largest absolute Gasteiger partial charge is 0.497 e. The Hall–Kier alpha value is -2.36. The molecular weight excluding hydrogens is 374 g/mol. The number of halogens is 1. The molecule has 0 spiro atoms. The van der Waals surface area contributed by atoms with Gasteiger partial charge in [0.1, 0.15) is 11.5 Å². The summed E-state index contributed by atoms with van der Waals surface area (Å²) < 4.78 is 15.5. The van der Waals surface area contributed by atoms with E-state index in [0.717, 1.165) is 13.1 Å². The van der Waals surface area contributed by atoms with E-state index in [2.05, 4.69) is 15.0 Å². The summed E-state index contributed by atoms with van der Waals surface area (Å²) in [7, 11) is 3.13. The molecular formula is C17H24ClN5O4. The lowest BCUT2D eigenvalue weighted by molar-refractivity contribution is 0.0623. The summed E-state index contributed by atoms with van der Waals surface area (Å²) in [6, 6.07) is 5.20. The van der Waals surface area contributed by atoms with Crippen LogP contribution in [-0.4, -0.2) is 66.2 Å². The fraction of sp³-hybridized carbons (Fsp3) is 0.471. The number of nitrogens with two attached hydrogens (primary N) is 1. The van der Waals surface area contributed by atoms with Crippen molar-refractivity contribution in [3.05, 3.63) is 35.5 Å². The number of aromatic nitrogens is 2. The standard InChI is InChI=1S/C17H23N5O4.ClH/c1-24-13-7-12(8-14(9-13)25-2)17(23)22-5-3-21(4-6-22)11-15-19-16(10-18)26-20-15;/h7-9H,3-6,10-11,18H2,1-2H3;1H. The van der Waals surface area contributed by atoms with E-state index >= 15 is 0 Å². The zero-order valence-corrected chi connectivity index (χ0v) is 16.2. The van der Waals surface area contributed by atoms with E-state index in [0.29, 0.717) is 48.4 Å². The number of benzene rings is 1. The molecule has 10 heteroatoms. The molecule has 0 atom stereocenters. The van der Waals surface area contributed by atoms with Gasteiger partial charge in [-0.2, -0.15) is 4.98 Å². The maximum Gasteiger partial charge on any atom is 0.254 e. The van der Waals surface area contributed by atoms with Gasteiger partial charge in [0.25, 0.3) is 5.91 Å². The highest BCUT2D eigenvalue weighted by Crippen LogP contribution is 2.24. The van der Waals surface area contributed by atoms with E-state index in [1.165, 1.54) is 0 Å². The number of amides is 1. The van der Waals surface area contributed by atoms with Crippen LogP contribution in [-0.2, 0) is 13.1 Å². The SMILES string of the molecule is COc1cc(OC)cc(C(=O)N2CCN(Cc3noc(CN)n3)CC2)c1.Cl. The Bertz CT molecular complexity index is 739. The van der Waals surface area contributed by atoms with Crippen molar-refractivity contribution >= 4 is 18.3 Å². The molecule has 27 heavy (non-hydrogen) atoms. The van der Waals surface area contributed by atoms with Crippen LogP contribution in [0, 0.1) is 0 Å². The van der Waals surface area contributed by atoms with Crippen molar-refractivity contribution in [1.82, 2.24) is 19.9 Å². The van der Waals surface area contributed by atoms with Crippen LogP contribution in [0.1, 0.15) is 22.1 Å². The van der Waals surface area contributed by atoms with E-state index in [1.807, 2.05) is 4.90 Å². The van der Waals surface area contributed by atoms with Crippen molar-refractivity contribution in [2.24, 2.45) is 5.73 Å². The molecule has 1 fully saturated rings. The highest BCUT2D eigenvalue weighted by Gasteiger charge is 2.24. The third kappa shape index (κ3) is 5.09. The average molecular weight is 398 g/mol. The Morgan fingerprint density at radius 3 is 2.30 bits per heavy atom. The Kier molecular flexibility index (Phi) is 7.40. The summed E-state index contributed by atoms with van der Waals surface area (Å²) in [6.45, 7) is 3.54. The van der Waals surface area contributed by atoms with Crippen LogP contribution in [0.2, 0.25) is 0 Å². The second-order valence-corrected chi connectivity index (χ2v) is 5.98. The molecule has 2 aromatic rings. The van der Waals surface area contributed by atoms with Crippen LogP contribution in [0.15, 0.2) is 22.7 Å². The number of hydrogen-bond acceptors (Lipinski definition) is 8. The second kappa shape index (κ2) is 9.54. The van der Waals surface area contributed by atoms with E-state index in [1.54, 1.807) is 32.4 Å². The molecule has 9 nitrogen and oxygen atoms in total.